The molecule has 0 saturated heterocycles. The summed E-state index contributed by atoms with van der Waals surface area (Å²) in [6, 6.07) is 28.0. The van der Waals surface area contributed by atoms with Crippen molar-refractivity contribution in [2.75, 3.05) is 13.7 Å². The van der Waals surface area contributed by atoms with Crippen LogP contribution in [0.3, 0.4) is 0 Å². The average Bonchev–Trinajstić information content (AvgIpc) is 2.98. The van der Waals surface area contributed by atoms with Crippen molar-refractivity contribution >= 4 is 28.4 Å². The van der Waals surface area contributed by atoms with Gasteiger partial charge in [-0.15, -0.1) is 0 Å². The molecular weight excluding hydrogens is 595 g/mol. The van der Waals surface area contributed by atoms with Crippen LogP contribution < -0.4 is 9.47 Å². The molecule has 0 aromatic heterocycles. The van der Waals surface area contributed by atoms with E-state index in [4.69, 9.17) is 9.47 Å². The van der Waals surface area contributed by atoms with Crippen molar-refractivity contribution < 1.29 is 14.3 Å². The van der Waals surface area contributed by atoms with Crippen LogP contribution in [0.1, 0.15) is 61.0 Å². The van der Waals surface area contributed by atoms with E-state index in [1.807, 2.05) is 48.5 Å². The number of benzene rings is 4. The summed E-state index contributed by atoms with van der Waals surface area (Å²) in [6.45, 7) is 7.28. The number of carbonyl (C=O) groups excluding carboxylic acids is 1. The van der Waals surface area contributed by atoms with Gasteiger partial charge in [0.15, 0.2) is 5.78 Å². The summed E-state index contributed by atoms with van der Waals surface area (Å²) in [5.41, 5.74) is 6.84. The number of methoxy groups -OCH3 is 1. The Balaban J connectivity index is 1.45. The third-order valence-electron chi connectivity index (χ3n) is 7.30. The molecule has 1 unspecified atom stereocenters. The number of hydrogen-bond acceptors (Lipinski definition) is 3. The lowest BCUT2D eigenvalue weighted by molar-refractivity contribution is 0.103. The number of ether oxygens (including phenoxy) is 2. The van der Waals surface area contributed by atoms with E-state index >= 15 is 0 Å². The maximum absolute atomic E-state index is 13.1. The maximum Gasteiger partial charge on any atom is 0.193 e. The molecule has 0 amide bonds. The summed E-state index contributed by atoms with van der Waals surface area (Å²) < 4.78 is 13.0. The van der Waals surface area contributed by atoms with Crippen LogP contribution in [-0.2, 0) is 0 Å². The molecule has 0 bridgehead atoms. The SMILES string of the molecule is CCCCC(CC)COc1ccc(C(=O)c2ccc(-c3ccc(-c4ccc(I)c(C)c4)cc3OC)cc2)cc1. The molecule has 4 rings (SSSR count). The predicted molar refractivity (Wildman–Crippen MR) is 170 cm³/mol. The number of aryl methyl sites for hydroxylation is 1. The van der Waals surface area contributed by atoms with Crippen molar-refractivity contribution in [1.82, 2.24) is 0 Å². The fourth-order valence-corrected chi connectivity index (χ4v) is 5.05. The topological polar surface area (TPSA) is 35.5 Å². The molecule has 0 saturated carbocycles. The molecule has 0 radical (unpaired) electrons. The first-order valence-corrected chi connectivity index (χ1v) is 14.8. The van der Waals surface area contributed by atoms with E-state index < -0.39 is 0 Å². The van der Waals surface area contributed by atoms with Crippen LogP contribution >= 0.6 is 22.6 Å². The summed E-state index contributed by atoms with van der Waals surface area (Å²) in [5.74, 6) is 2.19. The van der Waals surface area contributed by atoms with E-state index in [-0.39, 0.29) is 5.78 Å². The second-order valence-corrected chi connectivity index (χ2v) is 11.2. The lowest BCUT2D eigenvalue weighted by Gasteiger charge is -2.15. The Hall–Kier alpha value is -3.12. The molecule has 0 aliphatic heterocycles. The van der Waals surface area contributed by atoms with Crippen LogP contribution in [0.5, 0.6) is 11.5 Å². The normalized spacial score (nSPS) is 11.7. The Morgan fingerprint density at radius 3 is 2.05 bits per heavy atom. The van der Waals surface area contributed by atoms with E-state index in [0.717, 1.165) is 46.8 Å². The molecule has 0 spiro atoms. The van der Waals surface area contributed by atoms with Crippen LogP contribution in [0.2, 0.25) is 0 Å². The zero-order valence-electron chi connectivity index (χ0n) is 23.3. The van der Waals surface area contributed by atoms with Crippen LogP contribution in [0, 0.1) is 16.4 Å². The lowest BCUT2D eigenvalue weighted by Crippen LogP contribution is -2.11. The quantitative estimate of drug-likeness (QED) is 0.115. The standard InChI is InChI=1S/C35H37IO3/c1-5-7-8-25(6-2)23-39-31-17-13-28(14-18-31)35(37)27-11-9-26(10-12-27)32-19-15-30(22-34(32)38-4)29-16-20-33(36)24(3)21-29/h9-22,25H,5-8,23H2,1-4H3. The zero-order valence-corrected chi connectivity index (χ0v) is 25.5. The van der Waals surface area contributed by atoms with E-state index in [2.05, 4.69) is 79.8 Å². The molecule has 3 nitrogen and oxygen atoms in total. The largest absolute Gasteiger partial charge is 0.496 e. The molecule has 39 heavy (non-hydrogen) atoms. The van der Waals surface area contributed by atoms with Gasteiger partial charge in [0, 0.05) is 20.3 Å². The Morgan fingerprint density at radius 1 is 0.821 bits per heavy atom. The third kappa shape index (κ3) is 7.30. The maximum atomic E-state index is 13.1. The molecule has 0 aliphatic rings. The lowest BCUT2D eigenvalue weighted by atomic mass is 9.96. The van der Waals surface area contributed by atoms with Crippen molar-refractivity contribution in [2.24, 2.45) is 5.92 Å². The highest BCUT2D eigenvalue weighted by Gasteiger charge is 2.13. The highest BCUT2D eigenvalue weighted by atomic mass is 127. The third-order valence-corrected chi connectivity index (χ3v) is 8.51. The molecule has 4 heteroatoms. The summed E-state index contributed by atoms with van der Waals surface area (Å²) in [6.07, 6.45) is 4.76. The number of ketones is 1. The zero-order chi connectivity index (χ0) is 27.8. The van der Waals surface area contributed by atoms with Gasteiger partial charge in [-0.25, -0.2) is 0 Å². The molecule has 0 N–H and O–H groups in total. The highest BCUT2D eigenvalue weighted by molar-refractivity contribution is 14.1. The smallest absolute Gasteiger partial charge is 0.193 e. The van der Waals surface area contributed by atoms with Gasteiger partial charge in [-0.1, -0.05) is 81.6 Å². The van der Waals surface area contributed by atoms with Gasteiger partial charge in [-0.3, -0.25) is 4.79 Å². The Kier molecular flexibility index (Phi) is 10.2. The second kappa shape index (κ2) is 13.8. The van der Waals surface area contributed by atoms with Gasteiger partial charge in [0.05, 0.1) is 13.7 Å². The minimum Gasteiger partial charge on any atom is -0.496 e. The van der Waals surface area contributed by atoms with Gasteiger partial charge in [-0.2, -0.15) is 0 Å². The van der Waals surface area contributed by atoms with Crippen molar-refractivity contribution in [3.8, 4) is 33.8 Å². The van der Waals surface area contributed by atoms with Gasteiger partial charge in [0.1, 0.15) is 11.5 Å². The fraction of sp³-hybridized carbons (Fsp3) is 0.286. The van der Waals surface area contributed by atoms with Gasteiger partial charge in [-0.05, 0) is 101 Å². The van der Waals surface area contributed by atoms with E-state index in [0.29, 0.717) is 17.0 Å². The molecule has 0 fully saturated rings. The number of unbranched alkanes of at least 4 members (excludes halogenated alkanes) is 1. The number of halogens is 1. The Bertz CT molecular complexity index is 1390. The molecule has 0 heterocycles. The average molecular weight is 633 g/mol. The van der Waals surface area contributed by atoms with Gasteiger partial charge < -0.3 is 9.47 Å². The number of rotatable bonds is 12. The molecule has 4 aromatic carbocycles. The van der Waals surface area contributed by atoms with Crippen molar-refractivity contribution in [1.29, 1.82) is 0 Å². The highest BCUT2D eigenvalue weighted by Crippen LogP contribution is 2.35. The summed E-state index contributed by atoms with van der Waals surface area (Å²) in [4.78, 5) is 13.1. The van der Waals surface area contributed by atoms with Crippen molar-refractivity contribution in [3.63, 3.8) is 0 Å². The fourth-order valence-electron chi connectivity index (χ4n) is 4.72. The van der Waals surface area contributed by atoms with Crippen LogP contribution in [0.25, 0.3) is 22.3 Å². The van der Waals surface area contributed by atoms with Crippen molar-refractivity contribution in [3.05, 3.63) is 105 Å². The van der Waals surface area contributed by atoms with Gasteiger partial charge >= 0.3 is 0 Å². The van der Waals surface area contributed by atoms with Crippen LogP contribution in [0.15, 0.2) is 84.9 Å². The minimum absolute atomic E-state index is 0.00104. The van der Waals surface area contributed by atoms with E-state index in [1.54, 1.807) is 7.11 Å². The van der Waals surface area contributed by atoms with Gasteiger partial charge in [0.2, 0.25) is 0 Å². The summed E-state index contributed by atoms with van der Waals surface area (Å²) in [7, 11) is 1.70. The first-order valence-electron chi connectivity index (χ1n) is 13.8. The number of carbonyl (C=O) groups is 1. The Morgan fingerprint density at radius 2 is 1.44 bits per heavy atom. The summed E-state index contributed by atoms with van der Waals surface area (Å²) >= 11 is 2.36. The minimum atomic E-state index is -0.00104. The molecule has 0 aliphatic carbocycles. The molecule has 4 aromatic rings. The van der Waals surface area contributed by atoms with Crippen molar-refractivity contribution in [2.45, 2.75) is 46.5 Å². The first kappa shape index (κ1) is 28.9. The van der Waals surface area contributed by atoms with E-state index in [1.165, 1.54) is 28.4 Å². The van der Waals surface area contributed by atoms with E-state index in [9.17, 15) is 4.79 Å². The summed E-state index contributed by atoms with van der Waals surface area (Å²) in [5, 5.41) is 0. The van der Waals surface area contributed by atoms with Crippen LogP contribution in [0.4, 0.5) is 0 Å². The first-order chi connectivity index (χ1) is 18.9. The molecule has 202 valence electrons. The van der Waals surface area contributed by atoms with Gasteiger partial charge in [0.25, 0.3) is 0 Å². The van der Waals surface area contributed by atoms with Crippen LogP contribution in [-0.4, -0.2) is 19.5 Å². The number of hydrogen-bond donors (Lipinski definition) is 0. The Labute approximate surface area is 246 Å². The molecule has 1 atom stereocenters. The predicted octanol–water partition coefficient (Wildman–Crippen LogP) is 9.77. The second-order valence-electron chi connectivity index (χ2n) is 10.0. The monoisotopic (exact) mass is 632 g/mol. The molecular formula is C35H37IO3.